The molecule has 3 heterocycles. The van der Waals surface area contributed by atoms with E-state index < -0.39 is 0 Å². The second kappa shape index (κ2) is 4.68. The van der Waals surface area contributed by atoms with Crippen molar-refractivity contribution in [3.63, 3.8) is 0 Å². The zero-order chi connectivity index (χ0) is 11.8. The van der Waals surface area contributed by atoms with Crippen LogP contribution >= 0.6 is 23.2 Å². The van der Waals surface area contributed by atoms with Gasteiger partial charge in [-0.15, -0.1) is 0 Å². The van der Waals surface area contributed by atoms with Crippen molar-refractivity contribution in [1.82, 2.24) is 4.90 Å². The van der Waals surface area contributed by atoms with Crippen molar-refractivity contribution >= 4 is 28.9 Å². The number of rotatable bonds is 2. The number of nitrogens with zero attached hydrogens (tertiary/aromatic N) is 1. The average Bonchev–Trinajstić information content (AvgIpc) is 2.29. The molecule has 1 atom stereocenters. The standard InChI is InChI=1S/C13H16Cl2N2/c14-10-5-11(15)7-12(6-10)16-13-8-17-3-1-9(13)2-4-17/h5-7,9,13,16H,1-4,8H2. The zero-order valence-electron chi connectivity index (χ0n) is 9.63. The van der Waals surface area contributed by atoms with E-state index in [0.717, 1.165) is 18.2 Å². The molecule has 1 N–H and O–H groups in total. The van der Waals surface area contributed by atoms with Crippen LogP contribution in [0.2, 0.25) is 10.0 Å². The quantitative estimate of drug-likeness (QED) is 0.885. The van der Waals surface area contributed by atoms with E-state index in [2.05, 4.69) is 10.2 Å². The Kier molecular flexibility index (Phi) is 3.20. The summed E-state index contributed by atoms with van der Waals surface area (Å²) in [5.41, 5.74) is 1.04. The highest BCUT2D eigenvalue weighted by molar-refractivity contribution is 6.35. The van der Waals surface area contributed by atoms with E-state index in [1.54, 1.807) is 6.07 Å². The Morgan fingerprint density at radius 3 is 2.24 bits per heavy atom. The number of fused-ring (bicyclic) bond motifs is 3. The number of hydrogen-bond donors (Lipinski definition) is 1. The molecule has 0 aliphatic carbocycles. The molecule has 3 aliphatic heterocycles. The first-order valence-electron chi connectivity index (χ1n) is 6.16. The van der Waals surface area contributed by atoms with Gasteiger partial charge in [-0.3, -0.25) is 0 Å². The number of benzene rings is 1. The summed E-state index contributed by atoms with van der Waals surface area (Å²) >= 11 is 12.0. The molecule has 0 amide bonds. The third kappa shape index (κ3) is 2.54. The van der Waals surface area contributed by atoms with Crippen LogP contribution in [0.15, 0.2) is 18.2 Å². The van der Waals surface area contributed by atoms with Crippen molar-refractivity contribution in [3.8, 4) is 0 Å². The second-order valence-corrected chi connectivity index (χ2v) is 5.92. The molecule has 0 spiro atoms. The van der Waals surface area contributed by atoms with Crippen molar-refractivity contribution in [2.75, 3.05) is 25.0 Å². The van der Waals surface area contributed by atoms with E-state index in [9.17, 15) is 0 Å². The van der Waals surface area contributed by atoms with Crippen LogP contribution in [0.5, 0.6) is 0 Å². The molecule has 1 unspecified atom stereocenters. The first-order valence-corrected chi connectivity index (χ1v) is 6.91. The van der Waals surface area contributed by atoms with Gasteiger partial charge in [-0.1, -0.05) is 23.2 Å². The Hall–Kier alpha value is -0.440. The summed E-state index contributed by atoms with van der Waals surface area (Å²) in [5, 5.41) is 4.97. The number of piperidine rings is 3. The molecule has 2 bridgehead atoms. The van der Waals surface area contributed by atoms with Crippen LogP contribution in [0.3, 0.4) is 0 Å². The summed E-state index contributed by atoms with van der Waals surface area (Å²) in [6, 6.07) is 6.22. The van der Waals surface area contributed by atoms with Crippen LogP contribution in [-0.4, -0.2) is 30.6 Å². The Balaban J connectivity index is 1.74. The van der Waals surface area contributed by atoms with Crippen LogP contribution < -0.4 is 5.32 Å². The van der Waals surface area contributed by atoms with E-state index >= 15 is 0 Å². The molecule has 3 fully saturated rings. The number of nitrogens with one attached hydrogen (secondary N) is 1. The number of halogens is 2. The van der Waals surface area contributed by atoms with Crippen LogP contribution in [0.4, 0.5) is 5.69 Å². The summed E-state index contributed by atoms with van der Waals surface area (Å²) in [4.78, 5) is 2.53. The summed E-state index contributed by atoms with van der Waals surface area (Å²) < 4.78 is 0. The molecule has 92 valence electrons. The molecule has 4 rings (SSSR count). The van der Waals surface area contributed by atoms with Crippen LogP contribution in [-0.2, 0) is 0 Å². The summed E-state index contributed by atoms with van der Waals surface area (Å²) in [7, 11) is 0. The average molecular weight is 271 g/mol. The maximum Gasteiger partial charge on any atom is 0.0441 e. The van der Waals surface area contributed by atoms with E-state index in [1.807, 2.05) is 12.1 Å². The van der Waals surface area contributed by atoms with E-state index in [4.69, 9.17) is 23.2 Å². The van der Waals surface area contributed by atoms with E-state index in [0.29, 0.717) is 16.1 Å². The molecule has 2 nitrogen and oxygen atoms in total. The zero-order valence-corrected chi connectivity index (χ0v) is 11.1. The lowest BCUT2D eigenvalue weighted by molar-refractivity contribution is 0.0975. The fraction of sp³-hybridized carbons (Fsp3) is 0.538. The van der Waals surface area contributed by atoms with Crippen molar-refractivity contribution in [2.45, 2.75) is 18.9 Å². The van der Waals surface area contributed by atoms with Crippen LogP contribution in [0, 0.1) is 5.92 Å². The van der Waals surface area contributed by atoms with Gasteiger partial charge in [0.2, 0.25) is 0 Å². The monoisotopic (exact) mass is 270 g/mol. The van der Waals surface area contributed by atoms with Gasteiger partial charge in [0, 0.05) is 28.3 Å². The lowest BCUT2D eigenvalue weighted by Gasteiger charge is -2.45. The predicted octanol–water partition coefficient (Wildman–Crippen LogP) is 3.50. The third-order valence-corrected chi connectivity index (χ3v) is 4.31. The number of hydrogen-bond acceptors (Lipinski definition) is 2. The van der Waals surface area contributed by atoms with Gasteiger partial charge in [0.1, 0.15) is 0 Å². The molecule has 17 heavy (non-hydrogen) atoms. The maximum absolute atomic E-state index is 6.01. The Labute approximate surface area is 112 Å². The van der Waals surface area contributed by atoms with Gasteiger partial charge >= 0.3 is 0 Å². The minimum Gasteiger partial charge on any atom is -0.381 e. The Morgan fingerprint density at radius 2 is 1.71 bits per heavy atom. The molecule has 0 saturated carbocycles. The highest BCUT2D eigenvalue weighted by Gasteiger charge is 2.33. The molecule has 1 aromatic rings. The number of anilines is 1. The minimum atomic E-state index is 0.548. The third-order valence-electron chi connectivity index (χ3n) is 3.87. The van der Waals surface area contributed by atoms with E-state index in [1.165, 1.54) is 25.9 Å². The highest BCUT2D eigenvalue weighted by Crippen LogP contribution is 2.31. The fourth-order valence-corrected chi connectivity index (χ4v) is 3.51. The van der Waals surface area contributed by atoms with Gasteiger partial charge in [0.25, 0.3) is 0 Å². The van der Waals surface area contributed by atoms with Crippen LogP contribution in [0.25, 0.3) is 0 Å². The Morgan fingerprint density at radius 1 is 1.06 bits per heavy atom. The highest BCUT2D eigenvalue weighted by atomic mass is 35.5. The van der Waals surface area contributed by atoms with Crippen LogP contribution in [0.1, 0.15) is 12.8 Å². The normalized spacial score (nSPS) is 31.5. The molecular formula is C13H16Cl2N2. The lowest BCUT2D eigenvalue weighted by Crippen LogP contribution is -2.53. The molecule has 1 aromatic carbocycles. The predicted molar refractivity (Wildman–Crippen MR) is 73.0 cm³/mol. The van der Waals surface area contributed by atoms with Gasteiger partial charge in [-0.2, -0.15) is 0 Å². The van der Waals surface area contributed by atoms with Crippen molar-refractivity contribution < 1.29 is 0 Å². The van der Waals surface area contributed by atoms with E-state index in [-0.39, 0.29) is 0 Å². The maximum atomic E-state index is 6.01. The fourth-order valence-electron chi connectivity index (χ4n) is 2.98. The first kappa shape index (κ1) is 11.6. The van der Waals surface area contributed by atoms with Crippen molar-refractivity contribution in [3.05, 3.63) is 28.2 Å². The van der Waals surface area contributed by atoms with Gasteiger partial charge in [-0.05, 0) is 50.0 Å². The van der Waals surface area contributed by atoms with Gasteiger partial charge in [-0.25, -0.2) is 0 Å². The van der Waals surface area contributed by atoms with Crippen molar-refractivity contribution in [2.24, 2.45) is 5.92 Å². The summed E-state index contributed by atoms with van der Waals surface area (Å²) in [6.45, 7) is 3.67. The molecule has 3 saturated heterocycles. The summed E-state index contributed by atoms with van der Waals surface area (Å²) in [5.74, 6) is 0.803. The molecule has 3 aliphatic rings. The first-order chi connectivity index (χ1) is 8.20. The largest absolute Gasteiger partial charge is 0.381 e. The van der Waals surface area contributed by atoms with Gasteiger partial charge < -0.3 is 10.2 Å². The molecule has 4 heteroatoms. The Bertz CT molecular complexity index is 394. The lowest BCUT2D eigenvalue weighted by atomic mass is 9.84. The SMILES string of the molecule is Clc1cc(Cl)cc(NC2CN3CCC2CC3)c1. The van der Waals surface area contributed by atoms with Gasteiger partial charge in [0.15, 0.2) is 0 Å². The summed E-state index contributed by atoms with van der Waals surface area (Å²) in [6.07, 6.45) is 2.62. The second-order valence-electron chi connectivity index (χ2n) is 5.05. The van der Waals surface area contributed by atoms with Crippen molar-refractivity contribution in [1.29, 1.82) is 0 Å². The molecular weight excluding hydrogens is 255 g/mol. The molecule has 0 aromatic heterocycles. The minimum absolute atomic E-state index is 0.548. The van der Waals surface area contributed by atoms with Gasteiger partial charge in [0.05, 0.1) is 0 Å². The smallest absolute Gasteiger partial charge is 0.0441 e. The molecule has 0 radical (unpaired) electrons. The topological polar surface area (TPSA) is 15.3 Å².